The molecular weight excluding hydrogens is 166 g/mol. The fourth-order valence-electron chi connectivity index (χ4n) is 2.20. The Kier molecular flexibility index (Phi) is 2.39. The fraction of sp³-hybridized carbons (Fsp3) is 1.00. The Bertz CT molecular complexity index is 165. The molecule has 0 radical (unpaired) electrons. The summed E-state index contributed by atoms with van der Waals surface area (Å²) in [5.74, 6) is 1.09. The van der Waals surface area contributed by atoms with E-state index in [1.54, 1.807) is 0 Å². The number of rotatable bonds is 3. The molecule has 0 N–H and O–H groups in total. The van der Waals surface area contributed by atoms with Crippen LogP contribution >= 0.6 is 12.6 Å². The van der Waals surface area contributed by atoms with Crippen LogP contribution in [0.4, 0.5) is 0 Å². The highest BCUT2D eigenvalue weighted by molar-refractivity contribution is 7.80. The summed E-state index contributed by atoms with van der Waals surface area (Å²) in [4.78, 5) is 2.66. The Balaban J connectivity index is 1.86. The summed E-state index contributed by atoms with van der Waals surface area (Å²) < 4.78 is 0. The summed E-state index contributed by atoms with van der Waals surface area (Å²) in [7, 11) is 0. The van der Waals surface area contributed by atoms with E-state index < -0.39 is 0 Å². The molecule has 0 aromatic rings. The molecule has 1 aliphatic heterocycles. The van der Waals surface area contributed by atoms with Crippen molar-refractivity contribution in [3.05, 3.63) is 0 Å². The van der Waals surface area contributed by atoms with E-state index in [4.69, 9.17) is 0 Å². The van der Waals surface area contributed by atoms with Gasteiger partial charge in [0, 0.05) is 12.6 Å². The van der Waals surface area contributed by atoms with E-state index in [9.17, 15) is 0 Å². The maximum absolute atomic E-state index is 4.44. The molecule has 0 aromatic heterocycles. The molecule has 1 heterocycles. The second-order valence-corrected chi connectivity index (χ2v) is 4.94. The summed E-state index contributed by atoms with van der Waals surface area (Å²) >= 11 is 4.44. The lowest BCUT2D eigenvalue weighted by Crippen LogP contribution is -2.33. The highest BCUT2D eigenvalue weighted by atomic mass is 32.1. The lowest BCUT2D eigenvalue weighted by molar-refractivity contribution is 0.225. The Morgan fingerprint density at radius 2 is 2.25 bits per heavy atom. The molecule has 2 aliphatic rings. The summed E-state index contributed by atoms with van der Waals surface area (Å²) in [5, 5.41) is 0. The van der Waals surface area contributed by atoms with Crippen LogP contribution in [0.25, 0.3) is 0 Å². The number of hydrogen-bond acceptors (Lipinski definition) is 2. The smallest absolute Gasteiger partial charge is 0.00676 e. The van der Waals surface area contributed by atoms with Crippen molar-refractivity contribution in [2.45, 2.75) is 38.6 Å². The zero-order chi connectivity index (χ0) is 8.60. The van der Waals surface area contributed by atoms with Gasteiger partial charge in [0.05, 0.1) is 0 Å². The average Bonchev–Trinajstić information content (AvgIpc) is 2.74. The van der Waals surface area contributed by atoms with E-state index in [1.165, 1.54) is 38.8 Å². The molecule has 0 bridgehead atoms. The van der Waals surface area contributed by atoms with Gasteiger partial charge < -0.3 is 4.90 Å². The fourth-order valence-corrected chi connectivity index (χ4v) is 2.62. The second kappa shape index (κ2) is 3.22. The van der Waals surface area contributed by atoms with Gasteiger partial charge in [0.25, 0.3) is 0 Å². The van der Waals surface area contributed by atoms with Crippen LogP contribution in [0.2, 0.25) is 0 Å². The number of likely N-dealkylation sites (tertiary alicyclic amines) is 1. The molecule has 1 saturated heterocycles. The van der Waals surface area contributed by atoms with Crippen molar-refractivity contribution in [2.75, 3.05) is 18.8 Å². The molecule has 70 valence electrons. The normalized spacial score (nSPS) is 34.0. The van der Waals surface area contributed by atoms with E-state index in [-0.39, 0.29) is 0 Å². The first-order valence-corrected chi connectivity index (χ1v) is 5.74. The molecule has 2 rings (SSSR count). The van der Waals surface area contributed by atoms with Gasteiger partial charge >= 0.3 is 0 Å². The van der Waals surface area contributed by atoms with Crippen molar-refractivity contribution < 1.29 is 0 Å². The highest BCUT2D eigenvalue weighted by Gasteiger charge is 2.43. The summed E-state index contributed by atoms with van der Waals surface area (Å²) in [6, 6.07) is 0.836. The van der Waals surface area contributed by atoms with Gasteiger partial charge in [0.2, 0.25) is 0 Å². The predicted molar refractivity (Wildman–Crippen MR) is 55.8 cm³/mol. The van der Waals surface area contributed by atoms with E-state index in [2.05, 4.69) is 24.5 Å². The van der Waals surface area contributed by atoms with Gasteiger partial charge in [-0.25, -0.2) is 0 Å². The van der Waals surface area contributed by atoms with E-state index >= 15 is 0 Å². The van der Waals surface area contributed by atoms with E-state index in [0.29, 0.717) is 5.41 Å². The topological polar surface area (TPSA) is 3.24 Å². The SMILES string of the molecule is CC1CCCN1CC1(CS)CC1. The second-order valence-electron chi connectivity index (χ2n) is 4.62. The maximum atomic E-state index is 4.44. The summed E-state index contributed by atoms with van der Waals surface area (Å²) in [6.45, 7) is 5.01. The molecule has 2 fully saturated rings. The molecule has 0 amide bonds. The summed E-state index contributed by atoms with van der Waals surface area (Å²) in [5.41, 5.74) is 0.627. The Morgan fingerprint density at radius 3 is 2.67 bits per heavy atom. The monoisotopic (exact) mass is 185 g/mol. The molecule has 1 nitrogen and oxygen atoms in total. The lowest BCUT2D eigenvalue weighted by atomic mass is 10.1. The van der Waals surface area contributed by atoms with Gasteiger partial charge in [-0.15, -0.1) is 0 Å². The standard InChI is InChI=1S/C10H19NS/c1-9-3-2-6-11(9)7-10(8-12)4-5-10/h9,12H,2-8H2,1H3. The van der Waals surface area contributed by atoms with Gasteiger partial charge in [-0.3, -0.25) is 0 Å². The van der Waals surface area contributed by atoms with Crippen LogP contribution in [-0.4, -0.2) is 29.8 Å². The van der Waals surface area contributed by atoms with Crippen LogP contribution in [0, 0.1) is 5.41 Å². The largest absolute Gasteiger partial charge is 0.300 e. The van der Waals surface area contributed by atoms with Crippen LogP contribution in [0.1, 0.15) is 32.6 Å². The molecule has 1 unspecified atom stereocenters. The highest BCUT2D eigenvalue weighted by Crippen LogP contribution is 2.47. The maximum Gasteiger partial charge on any atom is 0.00676 e. The molecular formula is C10H19NS. The zero-order valence-electron chi connectivity index (χ0n) is 7.92. The van der Waals surface area contributed by atoms with Crippen molar-refractivity contribution in [1.82, 2.24) is 4.90 Å². The molecule has 1 saturated carbocycles. The van der Waals surface area contributed by atoms with Gasteiger partial charge in [-0.05, 0) is 50.3 Å². The number of thiol groups is 1. The van der Waals surface area contributed by atoms with Crippen molar-refractivity contribution in [3.8, 4) is 0 Å². The van der Waals surface area contributed by atoms with Crippen LogP contribution in [-0.2, 0) is 0 Å². The van der Waals surface area contributed by atoms with Gasteiger partial charge in [0.1, 0.15) is 0 Å². The lowest BCUT2D eigenvalue weighted by Gasteiger charge is -2.25. The first-order valence-electron chi connectivity index (χ1n) is 5.11. The van der Waals surface area contributed by atoms with Crippen molar-refractivity contribution in [1.29, 1.82) is 0 Å². The third-order valence-electron chi connectivity index (χ3n) is 3.52. The van der Waals surface area contributed by atoms with E-state index in [0.717, 1.165) is 11.8 Å². The summed E-state index contributed by atoms with van der Waals surface area (Å²) in [6.07, 6.45) is 5.64. The van der Waals surface area contributed by atoms with Crippen molar-refractivity contribution in [2.24, 2.45) is 5.41 Å². The van der Waals surface area contributed by atoms with Gasteiger partial charge in [-0.1, -0.05) is 0 Å². The molecule has 12 heavy (non-hydrogen) atoms. The minimum atomic E-state index is 0.627. The van der Waals surface area contributed by atoms with Crippen LogP contribution in [0.15, 0.2) is 0 Å². The Morgan fingerprint density at radius 1 is 1.50 bits per heavy atom. The molecule has 1 atom stereocenters. The molecule has 2 heteroatoms. The minimum Gasteiger partial charge on any atom is -0.300 e. The third-order valence-corrected chi connectivity index (χ3v) is 4.19. The molecule has 0 spiro atoms. The predicted octanol–water partition coefficient (Wildman–Crippen LogP) is 2.18. The quantitative estimate of drug-likeness (QED) is 0.660. The first kappa shape index (κ1) is 8.89. The zero-order valence-corrected chi connectivity index (χ0v) is 8.82. The van der Waals surface area contributed by atoms with Gasteiger partial charge in [0.15, 0.2) is 0 Å². The number of nitrogens with zero attached hydrogens (tertiary/aromatic N) is 1. The molecule has 0 aromatic carbocycles. The molecule has 1 aliphatic carbocycles. The van der Waals surface area contributed by atoms with Crippen LogP contribution in [0.3, 0.4) is 0 Å². The Hall–Kier alpha value is 0.310. The van der Waals surface area contributed by atoms with Crippen molar-refractivity contribution >= 4 is 12.6 Å². The van der Waals surface area contributed by atoms with Gasteiger partial charge in [-0.2, -0.15) is 12.6 Å². The van der Waals surface area contributed by atoms with Crippen LogP contribution in [0.5, 0.6) is 0 Å². The minimum absolute atomic E-state index is 0.627. The number of hydrogen-bond donors (Lipinski definition) is 1. The average molecular weight is 185 g/mol. The third kappa shape index (κ3) is 1.64. The van der Waals surface area contributed by atoms with Crippen molar-refractivity contribution in [3.63, 3.8) is 0 Å². The van der Waals surface area contributed by atoms with Crippen LogP contribution < -0.4 is 0 Å². The van der Waals surface area contributed by atoms with E-state index in [1.807, 2.05) is 0 Å². The first-order chi connectivity index (χ1) is 5.76. The Labute approximate surface area is 80.9 Å².